The first-order valence-corrected chi connectivity index (χ1v) is 7.86. The Morgan fingerprint density at radius 2 is 2.43 bits per heavy atom. The van der Waals surface area contributed by atoms with Gasteiger partial charge in [0.05, 0.1) is 5.25 Å². The summed E-state index contributed by atoms with van der Waals surface area (Å²) >= 11 is 1.36. The first-order valence-electron chi connectivity index (χ1n) is 6.99. The average molecular weight is 307 g/mol. The summed E-state index contributed by atoms with van der Waals surface area (Å²) < 4.78 is 4.93. The summed E-state index contributed by atoms with van der Waals surface area (Å²) in [4.78, 5) is 16.7. The van der Waals surface area contributed by atoms with Crippen LogP contribution in [0.4, 0.5) is 5.82 Å². The average Bonchev–Trinajstić information content (AvgIpc) is 3.08. The molecule has 2 N–H and O–H groups in total. The van der Waals surface area contributed by atoms with E-state index in [0.717, 1.165) is 5.82 Å². The van der Waals surface area contributed by atoms with Crippen LogP contribution < -0.4 is 5.32 Å². The van der Waals surface area contributed by atoms with Crippen molar-refractivity contribution in [1.29, 1.82) is 0 Å². The van der Waals surface area contributed by atoms with E-state index in [-0.39, 0.29) is 11.2 Å². The lowest BCUT2D eigenvalue weighted by atomic mass is 10.3. The zero-order chi connectivity index (χ0) is 14.8. The summed E-state index contributed by atoms with van der Waals surface area (Å²) in [5, 5.41) is 14.0. The minimum Gasteiger partial charge on any atom is -0.360 e. The zero-order valence-electron chi connectivity index (χ0n) is 11.9. The lowest BCUT2D eigenvalue weighted by Crippen LogP contribution is -2.24. The number of anilines is 1. The van der Waals surface area contributed by atoms with Crippen molar-refractivity contribution in [3.05, 3.63) is 17.7 Å². The summed E-state index contributed by atoms with van der Waals surface area (Å²) in [6, 6.07) is 1.69. The molecule has 1 saturated carbocycles. The molecule has 1 aliphatic rings. The van der Waals surface area contributed by atoms with Gasteiger partial charge in [-0.15, -0.1) is 5.10 Å². The Labute approximate surface area is 126 Å². The van der Waals surface area contributed by atoms with Crippen LogP contribution in [0.2, 0.25) is 0 Å². The van der Waals surface area contributed by atoms with Crippen LogP contribution in [0.5, 0.6) is 0 Å². The minimum absolute atomic E-state index is 0.117. The van der Waals surface area contributed by atoms with Crippen molar-refractivity contribution in [2.45, 2.75) is 49.4 Å². The van der Waals surface area contributed by atoms with E-state index < -0.39 is 0 Å². The number of amides is 1. The molecule has 7 nitrogen and oxygen atoms in total. The normalized spacial score (nSPS) is 15.9. The Kier molecular flexibility index (Phi) is 3.96. The molecule has 0 radical (unpaired) electrons. The fraction of sp³-hybridized carbons (Fsp3) is 0.538. The molecule has 0 aromatic carbocycles. The number of thioether (sulfide) groups is 1. The fourth-order valence-corrected chi connectivity index (χ4v) is 2.77. The molecule has 1 amide bonds. The number of nitrogens with one attached hydrogen (secondary N) is 2. The molecule has 0 spiro atoms. The van der Waals surface area contributed by atoms with Crippen molar-refractivity contribution in [2.24, 2.45) is 0 Å². The maximum Gasteiger partial charge on any atom is 0.239 e. The van der Waals surface area contributed by atoms with Crippen molar-refractivity contribution < 1.29 is 9.32 Å². The van der Waals surface area contributed by atoms with Gasteiger partial charge in [0.25, 0.3) is 0 Å². The zero-order valence-corrected chi connectivity index (χ0v) is 12.7. The Morgan fingerprint density at radius 3 is 3.05 bits per heavy atom. The largest absolute Gasteiger partial charge is 0.360 e. The number of aromatic nitrogens is 4. The molecule has 112 valence electrons. The maximum absolute atomic E-state index is 12.2. The second kappa shape index (κ2) is 5.88. The van der Waals surface area contributed by atoms with Crippen molar-refractivity contribution in [3.63, 3.8) is 0 Å². The number of carbonyl (C=O) groups is 1. The Hall–Kier alpha value is -1.83. The summed E-state index contributed by atoms with van der Waals surface area (Å²) in [6.45, 7) is 3.74. The highest BCUT2D eigenvalue weighted by Gasteiger charge is 2.28. The van der Waals surface area contributed by atoms with Crippen LogP contribution >= 0.6 is 11.8 Å². The Bertz CT molecular complexity index is 634. The molecule has 2 aromatic rings. The lowest BCUT2D eigenvalue weighted by molar-refractivity contribution is -0.115. The van der Waals surface area contributed by atoms with Gasteiger partial charge in [-0.25, -0.2) is 4.98 Å². The second-order valence-electron chi connectivity index (χ2n) is 5.10. The molecule has 1 unspecified atom stereocenters. The number of nitrogens with zero attached hydrogens (tertiary/aromatic N) is 3. The number of aromatic amines is 1. The second-order valence-corrected chi connectivity index (χ2v) is 6.27. The first kappa shape index (κ1) is 14.1. The van der Waals surface area contributed by atoms with Crippen LogP contribution in [0.3, 0.4) is 0 Å². The van der Waals surface area contributed by atoms with E-state index in [2.05, 4.69) is 25.7 Å². The summed E-state index contributed by atoms with van der Waals surface area (Å²) in [5.74, 6) is 2.44. The van der Waals surface area contributed by atoms with E-state index in [0.29, 0.717) is 29.1 Å². The van der Waals surface area contributed by atoms with Crippen molar-refractivity contribution in [3.8, 4) is 0 Å². The van der Waals surface area contributed by atoms with E-state index in [1.165, 1.54) is 24.6 Å². The number of hydrogen-bond acceptors (Lipinski definition) is 6. The van der Waals surface area contributed by atoms with E-state index in [4.69, 9.17) is 4.52 Å². The Balaban J connectivity index is 1.61. The predicted molar refractivity (Wildman–Crippen MR) is 78.2 cm³/mol. The molecule has 1 fully saturated rings. The van der Waals surface area contributed by atoms with Gasteiger partial charge in [-0.05, 0) is 26.2 Å². The fourth-order valence-electron chi connectivity index (χ4n) is 1.93. The van der Waals surface area contributed by atoms with E-state index in [9.17, 15) is 4.79 Å². The molecular formula is C13H17N5O2S. The van der Waals surface area contributed by atoms with E-state index in [1.807, 2.05) is 6.92 Å². The summed E-state index contributed by atoms with van der Waals surface area (Å²) in [5.41, 5.74) is 0. The third-order valence-electron chi connectivity index (χ3n) is 3.24. The number of rotatable bonds is 6. The van der Waals surface area contributed by atoms with Gasteiger partial charge in [0.2, 0.25) is 11.1 Å². The van der Waals surface area contributed by atoms with Gasteiger partial charge in [-0.1, -0.05) is 23.8 Å². The van der Waals surface area contributed by atoms with Gasteiger partial charge in [0.1, 0.15) is 11.6 Å². The molecular weight excluding hydrogens is 290 g/mol. The predicted octanol–water partition coefficient (Wildman–Crippen LogP) is 2.49. The molecule has 8 heteroatoms. The number of hydrogen-bond donors (Lipinski definition) is 2. The SMILES string of the molecule is CCC(Sc1n[nH]c(C2CC2)n1)C(=O)Nc1cc(C)on1. The van der Waals surface area contributed by atoms with E-state index >= 15 is 0 Å². The van der Waals surface area contributed by atoms with Gasteiger partial charge >= 0.3 is 0 Å². The quantitative estimate of drug-likeness (QED) is 0.796. The molecule has 0 bridgehead atoms. The molecule has 1 atom stereocenters. The standard InChI is InChI=1S/C13H17N5O2S/c1-3-9(12(19)14-10-6-7(2)20-18-10)21-13-15-11(16-17-13)8-4-5-8/h6,8-9H,3-5H2,1-2H3,(H,14,18,19)(H,15,16,17). The van der Waals surface area contributed by atoms with Gasteiger partial charge in [-0.2, -0.15) is 0 Å². The highest BCUT2D eigenvalue weighted by Crippen LogP contribution is 2.38. The maximum atomic E-state index is 12.2. The monoisotopic (exact) mass is 307 g/mol. The summed E-state index contributed by atoms with van der Waals surface area (Å²) in [6.07, 6.45) is 3.02. The third kappa shape index (κ3) is 3.44. The smallest absolute Gasteiger partial charge is 0.239 e. The first-order chi connectivity index (χ1) is 10.2. The van der Waals surface area contributed by atoms with Gasteiger partial charge in [-0.3, -0.25) is 9.89 Å². The molecule has 21 heavy (non-hydrogen) atoms. The highest BCUT2D eigenvalue weighted by molar-refractivity contribution is 8.00. The molecule has 2 heterocycles. The van der Waals surface area contributed by atoms with Gasteiger partial charge < -0.3 is 9.84 Å². The van der Waals surface area contributed by atoms with Gasteiger partial charge in [0.15, 0.2) is 5.82 Å². The molecule has 0 aliphatic heterocycles. The summed E-state index contributed by atoms with van der Waals surface area (Å²) in [7, 11) is 0. The van der Waals surface area contributed by atoms with Crippen molar-refractivity contribution in [1.82, 2.24) is 20.3 Å². The highest BCUT2D eigenvalue weighted by atomic mass is 32.2. The van der Waals surface area contributed by atoms with Crippen molar-refractivity contribution in [2.75, 3.05) is 5.32 Å². The lowest BCUT2D eigenvalue weighted by Gasteiger charge is -2.10. The van der Waals surface area contributed by atoms with Crippen LogP contribution in [0.25, 0.3) is 0 Å². The van der Waals surface area contributed by atoms with Gasteiger partial charge in [0, 0.05) is 12.0 Å². The molecule has 2 aromatic heterocycles. The Morgan fingerprint density at radius 1 is 1.62 bits per heavy atom. The molecule has 3 rings (SSSR count). The van der Waals surface area contributed by atoms with E-state index in [1.54, 1.807) is 13.0 Å². The minimum atomic E-state index is -0.259. The molecule has 0 saturated heterocycles. The third-order valence-corrected chi connectivity index (χ3v) is 4.46. The number of carbonyl (C=O) groups excluding carboxylic acids is 1. The molecule has 1 aliphatic carbocycles. The van der Waals surface area contributed by atoms with Crippen LogP contribution in [-0.4, -0.2) is 31.5 Å². The van der Waals surface area contributed by atoms with Crippen LogP contribution in [0, 0.1) is 6.92 Å². The number of aryl methyl sites for hydroxylation is 1. The van der Waals surface area contributed by atoms with Crippen LogP contribution in [0.15, 0.2) is 15.7 Å². The van der Waals surface area contributed by atoms with Crippen molar-refractivity contribution >= 4 is 23.5 Å². The number of H-pyrrole nitrogens is 1. The topological polar surface area (TPSA) is 96.7 Å². The van der Waals surface area contributed by atoms with Crippen LogP contribution in [-0.2, 0) is 4.79 Å². The van der Waals surface area contributed by atoms with Crippen LogP contribution in [0.1, 0.15) is 43.7 Å².